The predicted molar refractivity (Wildman–Crippen MR) is 111 cm³/mol. The maximum atomic E-state index is 12.1. The molecule has 1 fully saturated rings. The van der Waals surface area contributed by atoms with Crippen LogP contribution in [0.3, 0.4) is 0 Å². The Balaban J connectivity index is 1.44. The third-order valence-electron chi connectivity index (χ3n) is 4.64. The molecule has 1 N–H and O–H groups in total. The minimum absolute atomic E-state index is 0.0215. The smallest absolute Gasteiger partial charge is 0.220 e. The van der Waals surface area contributed by atoms with Gasteiger partial charge in [0.25, 0.3) is 0 Å². The van der Waals surface area contributed by atoms with Crippen molar-refractivity contribution in [2.75, 3.05) is 18.0 Å². The van der Waals surface area contributed by atoms with Gasteiger partial charge in [-0.3, -0.25) is 9.59 Å². The molecule has 2 unspecified atom stereocenters. The number of rotatable bonds is 7. The summed E-state index contributed by atoms with van der Waals surface area (Å²) in [5.74, 6) is 0.823. The Morgan fingerprint density at radius 1 is 1.18 bits per heavy atom. The van der Waals surface area contributed by atoms with Crippen molar-refractivity contribution < 1.29 is 14.3 Å². The summed E-state index contributed by atoms with van der Waals surface area (Å²) < 4.78 is 5.76. The quantitative estimate of drug-likeness (QED) is 0.721. The van der Waals surface area contributed by atoms with Crippen molar-refractivity contribution in [1.29, 1.82) is 0 Å². The van der Waals surface area contributed by atoms with Crippen LogP contribution in [0.4, 0.5) is 5.82 Å². The monoisotopic (exact) mass is 401 g/mol. The van der Waals surface area contributed by atoms with Crippen LogP contribution in [0.2, 0.25) is 0 Å². The topological polar surface area (TPSA) is 71.5 Å². The molecule has 1 aliphatic rings. The van der Waals surface area contributed by atoms with Crippen molar-refractivity contribution in [2.45, 2.75) is 52.4 Å². The van der Waals surface area contributed by atoms with E-state index < -0.39 is 0 Å². The molecule has 2 aromatic rings. The lowest BCUT2D eigenvalue weighted by Crippen LogP contribution is -2.45. The fourth-order valence-electron chi connectivity index (χ4n) is 3.30. The van der Waals surface area contributed by atoms with E-state index in [1.807, 2.05) is 31.2 Å². The van der Waals surface area contributed by atoms with Gasteiger partial charge in [-0.25, -0.2) is 4.98 Å². The number of aromatic nitrogens is 1. The largest absolute Gasteiger partial charge is 0.372 e. The van der Waals surface area contributed by atoms with Crippen LogP contribution < -0.4 is 10.2 Å². The van der Waals surface area contributed by atoms with Gasteiger partial charge in [-0.2, -0.15) is 0 Å². The van der Waals surface area contributed by atoms with E-state index in [0.717, 1.165) is 34.2 Å². The Hall–Kier alpha value is -2.25. The van der Waals surface area contributed by atoms with Crippen LogP contribution in [-0.4, -0.2) is 42.0 Å². The zero-order valence-corrected chi connectivity index (χ0v) is 17.4. The first-order valence-electron chi connectivity index (χ1n) is 9.62. The maximum Gasteiger partial charge on any atom is 0.220 e. The van der Waals surface area contributed by atoms with Gasteiger partial charge >= 0.3 is 0 Å². The molecule has 2 aromatic heterocycles. The normalized spacial score (nSPS) is 19.5. The molecule has 28 heavy (non-hydrogen) atoms. The van der Waals surface area contributed by atoms with Crippen LogP contribution in [-0.2, 0) is 16.1 Å². The van der Waals surface area contributed by atoms with Gasteiger partial charge in [0.15, 0.2) is 5.78 Å². The molecule has 1 aliphatic heterocycles. The number of carbonyl (C=O) groups excluding carboxylic acids is 2. The van der Waals surface area contributed by atoms with Gasteiger partial charge < -0.3 is 15.0 Å². The second kappa shape index (κ2) is 9.30. The van der Waals surface area contributed by atoms with E-state index in [1.165, 1.54) is 11.3 Å². The Morgan fingerprint density at radius 2 is 1.93 bits per heavy atom. The average molecular weight is 402 g/mol. The van der Waals surface area contributed by atoms with E-state index in [9.17, 15) is 9.59 Å². The third-order valence-corrected chi connectivity index (χ3v) is 5.68. The summed E-state index contributed by atoms with van der Waals surface area (Å²) in [7, 11) is 0. The number of amides is 1. The minimum atomic E-state index is -0.124. The van der Waals surface area contributed by atoms with Crippen molar-refractivity contribution in [1.82, 2.24) is 10.3 Å². The van der Waals surface area contributed by atoms with Gasteiger partial charge in [-0.15, -0.1) is 11.3 Å². The second-order valence-corrected chi connectivity index (χ2v) is 8.59. The van der Waals surface area contributed by atoms with Crippen molar-refractivity contribution in [3.8, 4) is 0 Å². The molecule has 7 heteroatoms. The van der Waals surface area contributed by atoms with E-state index in [0.29, 0.717) is 6.54 Å². The number of nitrogens with one attached hydrogen (secondary N) is 1. The van der Waals surface area contributed by atoms with Crippen LogP contribution in [0.1, 0.15) is 46.8 Å². The number of Topliss-reactive ketones (excluding diaryl/α,β-unsaturated/α-hetero) is 1. The standard InChI is InChI=1S/C21H27N3O3S/c1-14-12-24(13-15(2)27-14)20-8-5-17(10-22-20)11-23-21(26)9-6-18(25)19-7-4-16(3)28-19/h4-5,7-8,10,14-15H,6,9,11-13H2,1-3H3,(H,23,26). The number of ether oxygens (including phenoxy) is 1. The van der Waals surface area contributed by atoms with Crippen LogP contribution in [0.15, 0.2) is 30.5 Å². The predicted octanol–water partition coefficient (Wildman–Crippen LogP) is 3.34. The summed E-state index contributed by atoms with van der Waals surface area (Å²) in [6, 6.07) is 7.71. The van der Waals surface area contributed by atoms with Crippen LogP contribution >= 0.6 is 11.3 Å². The number of ketones is 1. The molecule has 1 amide bonds. The first-order chi connectivity index (χ1) is 13.4. The average Bonchev–Trinajstić information content (AvgIpc) is 3.10. The van der Waals surface area contributed by atoms with Gasteiger partial charge in [-0.1, -0.05) is 6.07 Å². The van der Waals surface area contributed by atoms with Crippen molar-refractivity contribution in [2.24, 2.45) is 0 Å². The molecule has 0 spiro atoms. The Labute approximate surface area is 169 Å². The van der Waals surface area contributed by atoms with E-state index in [2.05, 4.69) is 29.0 Å². The molecule has 0 bridgehead atoms. The molecule has 0 aliphatic carbocycles. The number of hydrogen-bond donors (Lipinski definition) is 1. The molecular weight excluding hydrogens is 374 g/mol. The SMILES string of the molecule is Cc1ccc(C(=O)CCC(=O)NCc2ccc(N3CC(C)OC(C)C3)nc2)s1. The van der Waals surface area contributed by atoms with Crippen molar-refractivity contribution >= 4 is 28.8 Å². The van der Waals surface area contributed by atoms with Gasteiger partial charge in [0.05, 0.1) is 17.1 Å². The molecule has 0 saturated carbocycles. The summed E-state index contributed by atoms with van der Waals surface area (Å²) in [5.41, 5.74) is 0.937. The number of anilines is 1. The molecular formula is C21H27N3O3S. The summed E-state index contributed by atoms with van der Waals surface area (Å²) in [6.45, 7) is 8.16. The maximum absolute atomic E-state index is 12.1. The molecule has 2 atom stereocenters. The van der Waals surface area contributed by atoms with E-state index in [-0.39, 0.29) is 36.7 Å². The second-order valence-electron chi connectivity index (χ2n) is 7.30. The molecule has 0 aromatic carbocycles. The zero-order valence-electron chi connectivity index (χ0n) is 16.6. The molecule has 3 heterocycles. The highest BCUT2D eigenvalue weighted by Gasteiger charge is 2.23. The van der Waals surface area contributed by atoms with Crippen LogP contribution in [0, 0.1) is 6.92 Å². The van der Waals surface area contributed by atoms with Gasteiger partial charge in [-0.05, 0) is 44.5 Å². The Kier molecular flexibility index (Phi) is 6.80. The first-order valence-corrected chi connectivity index (χ1v) is 10.4. The van der Waals surface area contributed by atoms with E-state index in [1.54, 1.807) is 6.20 Å². The number of thiophene rings is 1. The molecule has 1 saturated heterocycles. The number of carbonyl (C=O) groups is 2. The fourth-order valence-corrected chi connectivity index (χ4v) is 4.13. The Bertz CT molecular complexity index is 809. The van der Waals surface area contributed by atoms with Crippen molar-refractivity contribution in [3.05, 3.63) is 45.8 Å². The summed E-state index contributed by atoms with van der Waals surface area (Å²) in [5, 5.41) is 2.86. The number of hydrogen-bond acceptors (Lipinski definition) is 6. The third kappa shape index (κ3) is 5.62. The van der Waals surface area contributed by atoms with Gasteiger partial charge in [0.2, 0.25) is 5.91 Å². The zero-order chi connectivity index (χ0) is 20.1. The molecule has 6 nitrogen and oxygen atoms in total. The summed E-state index contributed by atoms with van der Waals surface area (Å²) in [6.07, 6.45) is 2.59. The van der Waals surface area contributed by atoms with E-state index >= 15 is 0 Å². The van der Waals surface area contributed by atoms with Crippen LogP contribution in [0.5, 0.6) is 0 Å². The lowest BCUT2D eigenvalue weighted by molar-refractivity contribution is -0.121. The molecule has 3 rings (SSSR count). The Morgan fingerprint density at radius 3 is 2.54 bits per heavy atom. The van der Waals surface area contributed by atoms with Crippen molar-refractivity contribution in [3.63, 3.8) is 0 Å². The lowest BCUT2D eigenvalue weighted by Gasteiger charge is -2.36. The van der Waals surface area contributed by atoms with Gasteiger partial charge in [0.1, 0.15) is 5.82 Å². The lowest BCUT2D eigenvalue weighted by atomic mass is 10.2. The van der Waals surface area contributed by atoms with Gasteiger partial charge in [0, 0.05) is 43.5 Å². The summed E-state index contributed by atoms with van der Waals surface area (Å²) >= 11 is 1.47. The van der Waals surface area contributed by atoms with E-state index in [4.69, 9.17) is 4.74 Å². The summed E-state index contributed by atoms with van der Waals surface area (Å²) in [4.78, 5) is 32.7. The number of nitrogens with zero attached hydrogens (tertiary/aromatic N) is 2. The first kappa shape index (κ1) is 20.5. The number of aryl methyl sites for hydroxylation is 1. The molecule has 0 radical (unpaired) electrons. The highest BCUT2D eigenvalue weighted by atomic mass is 32.1. The minimum Gasteiger partial charge on any atom is -0.372 e. The molecule has 150 valence electrons. The fraction of sp³-hybridized carbons (Fsp3) is 0.476. The highest BCUT2D eigenvalue weighted by Crippen LogP contribution is 2.19. The highest BCUT2D eigenvalue weighted by molar-refractivity contribution is 7.14. The number of pyridine rings is 1. The van der Waals surface area contributed by atoms with Crippen LogP contribution in [0.25, 0.3) is 0 Å². The number of morpholine rings is 1.